The number of unbranched alkanes of at least 4 members (excludes halogenated alkanes) is 5. The molecule has 0 atom stereocenters. The van der Waals surface area contributed by atoms with Crippen molar-refractivity contribution in [3.05, 3.63) is 33.8 Å². The average molecular weight is 310 g/mol. The van der Waals surface area contributed by atoms with Gasteiger partial charge < -0.3 is 5.73 Å². The van der Waals surface area contributed by atoms with Gasteiger partial charge in [-0.1, -0.05) is 57.2 Å². The fourth-order valence-electron chi connectivity index (χ4n) is 3.01. The van der Waals surface area contributed by atoms with Crippen LogP contribution in [-0.4, -0.2) is 6.54 Å². The number of halogens is 1. The highest BCUT2D eigenvalue weighted by Crippen LogP contribution is 2.27. The van der Waals surface area contributed by atoms with Gasteiger partial charge in [0.25, 0.3) is 0 Å². The van der Waals surface area contributed by atoms with Gasteiger partial charge in [-0.25, -0.2) is 0 Å². The van der Waals surface area contributed by atoms with Gasteiger partial charge in [0.05, 0.1) is 0 Å². The SMILES string of the molecule is CCCCCCCc1c(CCCCN)ccc(Cl)c1CC. The van der Waals surface area contributed by atoms with Crippen molar-refractivity contribution in [1.29, 1.82) is 0 Å². The second-order valence-electron chi connectivity index (χ2n) is 5.93. The zero-order valence-corrected chi connectivity index (χ0v) is 14.6. The third-order valence-electron chi connectivity index (χ3n) is 4.26. The normalized spacial score (nSPS) is 11.0. The van der Waals surface area contributed by atoms with E-state index in [1.54, 1.807) is 0 Å². The van der Waals surface area contributed by atoms with E-state index in [1.165, 1.54) is 61.6 Å². The Morgan fingerprint density at radius 2 is 1.57 bits per heavy atom. The summed E-state index contributed by atoms with van der Waals surface area (Å²) >= 11 is 6.41. The summed E-state index contributed by atoms with van der Waals surface area (Å²) in [6.07, 6.45) is 12.3. The van der Waals surface area contributed by atoms with Crippen LogP contribution in [0.1, 0.15) is 75.5 Å². The third-order valence-corrected chi connectivity index (χ3v) is 4.61. The summed E-state index contributed by atoms with van der Waals surface area (Å²) in [6.45, 7) is 5.27. The molecule has 0 aliphatic carbocycles. The predicted molar refractivity (Wildman–Crippen MR) is 95.3 cm³/mol. The number of rotatable bonds is 11. The number of hydrogen-bond donors (Lipinski definition) is 1. The molecule has 2 heteroatoms. The van der Waals surface area contributed by atoms with Gasteiger partial charge in [0.2, 0.25) is 0 Å². The Hall–Kier alpha value is -0.530. The van der Waals surface area contributed by atoms with E-state index in [2.05, 4.69) is 26.0 Å². The van der Waals surface area contributed by atoms with Crippen LogP contribution in [0.25, 0.3) is 0 Å². The van der Waals surface area contributed by atoms with Gasteiger partial charge >= 0.3 is 0 Å². The van der Waals surface area contributed by atoms with Crippen molar-refractivity contribution in [2.75, 3.05) is 6.54 Å². The molecule has 1 rings (SSSR count). The lowest BCUT2D eigenvalue weighted by Gasteiger charge is -2.16. The van der Waals surface area contributed by atoms with E-state index >= 15 is 0 Å². The van der Waals surface area contributed by atoms with Crippen molar-refractivity contribution >= 4 is 11.6 Å². The van der Waals surface area contributed by atoms with E-state index in [0.717, 1.165) is 30.8 Å². The molecule has 0 spiro atoms. The van der Waals surface area contributed by atoms with Gasteiger partial charge in [-0.3, -0.25) is 0 Å². The lowest BCUT2D eigenvalue weighted by Crippen LogP contribution is -2.04. The lowest BCUT2D eigenvalue weighted by atomic mass is 9.91. The predicted octanol–water partition coefficient (Wildman–Crippen LogP) is 5.70. The van der Waals surface area contributed by atoms with Crippen molar-refractivity contribution in [2.45, 2.75) is 78.1 Å². The molecule has 0 amide bonds. The van der Waals surface area contributed by atoms with Crippen molar-refractivity contribution in [1.82, 2.24) is 0 Å². The fraction of sp³-hybridized carbons (Fsp3) is 0.684. The van der Waals surface area contributed by atoms with Gasteiger partial charge in [-0.2, -0.15) is 0 Å². The first-order chi connectivity index (χ1) is 10.2. The molecule has 0 radical (unpaired) electrons. The Morgan fingerprint density at radius 3 is 2.24 bits per heavy atom. The van der Waals surface area contributed by atoms with Crippen LogP contribution < -0.4 is 5.73 Å². The fourth-order valence-corrected chi connectivity index (χ4v) is 3.32. The largest absolute Gasteiger partial charge is 0.330 e. The molecule has 1 aromatic carbocycles. The van der Waals surface area contributed by atoms with E-state index in [4.69, 9.17) is 17.3 Å². The molecule has 0 bridgehead atoms. The Labute approximate surface area is 136 Å². The first-order valence-corrected chi connectivity index (χ1v) is 9.11. The number of aryl methyl sites for hydroxylation is 1. The van der Waals surface area contributed by atoms with E-state index in [0.29, 0.717) is 0 Å². The van der Waals surface area contributed by atoms with Gasteiger partial charge in [0.15, 0.2) is 0 Å². The molecule has 0 unspecified atom stereocenters. The highest BCUT2D eigenvalue weighted by Gasteiger charge is 2.10. The maximum atomic E-state index is 6.41. The standard InChI is InChI=1S/C19H32ClN/c1-3-5-6-7-8-12-18-16(11-9-10-15-21)13-14-19(20)17(18)4-2/h13-14H,3-12,15,21H2,1-2H3. The zero-order chi connectivity index (χ0) is 15.5. The van der Waals surface area contributed by atoms with E-state index in [9.17, 15) is 0 Å². The van der Waals surface area contributed by atoms with Crippen molar-refractivity contribution in [3.63, 3.8) is 0 Å². The molecule has 120 valence electrons. The molecule has 0 saturated heterocycles. The second kappa shape index (κ2) is 11.1. The van der Waals surface area contributed by atoms with E-state index in [1.807, 2.05) is 0 Å². The minimum Gasteiger partial charge on any atom is -0.330 e. The Morgan fingerprint density at radius 1 is 0.857 bits per heavy atom. The Bertz CT molecular complexity index is 401. The molecule has 0 fully saturated rings. The van der Waals surface area contributed by atoms with Crippen molar-refractivity contribution in [2.24, 2.45) is 5.73 Å². The quantitative estimate of drug-likeness (QED) is 0.521. The molecular weight excluding hydrogens is 278 g/mol. The van der Waals surface area contributed by atoms with Crippen LogP contribution in [0.3, 0.4) is 0 Å². The maximum absolute atomic E-state index is 6.41. The molecule has 1 aromatic rings. The van der Waals surface area contributed by atoms with Crippen LogP contribution in [0.4, 0.5) is 0 Å². The van der Waals surface area contributed by atoms with Crippen molar-refractivity contribution in [3.8, 4) is 0 Å². The van der Waals surface area contributed by atoms with Crippen LogP contribution in [0, 0.1) is 0 Å². The smallest absolute Gasteiger partial charge is 0.0440 e. The molecule has 0 aliphatic rings. The summed E-state index contributed by atoms with van der Waals surface area (Å²) in [7, 11) is 0. The van der Waals surface area contributed by atoms with Gasteiger partial charge in [0, 0.05) is 5.02 Å². The Balaban J connectivity index is 2.72. The summed E-state index contributed by atoms with van der Waals surface area (Å²) in [5.74, 6) is 0. The highest BCUT2D eigenvalue weighted by molar-refractivity contribution is 6.31. The average Bonchev–Trinajstić information content (AvgIpc) is 2.49. The third kappa shape index (κ3) is 6.40. The molecule has 21 heavy (non-hydrogen) atoms. The van der Waals surface area contributed by atoms with Gasteiger partial charge in [0.1, 0.15) is 0 Å². The van der Waals surface area contributed by atoms with E-state index in [-0.39, 0.29) is 0 Å². The monoisotopic (exact) mass is 309 g/mol. The van der Waals surface area contributed by atoms with Crippen LogP contribution in [0.15, 0.2) is 12.1 Å². The van der Waals surface area contributed by atoms with Gasteiger partial charge in [-0.05, 0) is 67.8 Å². The van der Waals surface area contributed by atoms with Crippen LogP contribution in [0.5, 0.6) is 0 Å². The Kier molecular flexibility index (Phi) is 9.78. The number of nitrogens with two attached hydrogens (primary N) is 1. The van der Waals surface area contributed by atoms with Gasteiger partial charge in [-0.15, -0.1) is 0 Å². The lowest BCUT2D eigenvalue weighted by molar-refractivity contribution is 0.628. The topological polar surface area (TPSA) is 26.0 Å². The molecule has 1 nitrogen and oxygen atoms in total. The first-order valence-electron chi connectivity index (χ1n) is 8.73. The molecule has 2 N–H and O–H groups in total. The highest BCUT2D eigenvalue weighted by atomic mass is 35.5. The minimum absolute atomic E-state index is 0.792. The first kappa shape index (κ1) is 18.5. The molecule has 0 aromatic heterocycles. The second-order valence-corrected chi connectivity index (χ2v) is 6.33. The summed E-state index contributed by atoms with van der Waals surface area (Å²) in [5.41, 5.74) is 10.0. The maximum Gasteiger partial charge on any atom is 0.0440 e. The van der Waals surface area contributed by atoms with E-state index < -0.39 is 0 Å². The summed E-state index contributed by atoms with van der Waals surface area (Å²) in [6, 6.07) is 4.32. The van der Waals surface area contributed by atoms with Crippen molar-refractivity contribution < 1.29 is 0 Å². The molecule has 0 saturated carbocycles. The summed E-state index contributed by atoms with van der Waals surface area (Å²) in [5, 5.41) is 0.948. The zero-order valence-electron chi connectivity index (χ0n) is 13.9. The summed E-state index contributed by atoms with van der Waals surface area (Å²) < 4.78 is 0. The number of benzene rings is 1. The van der Waals surface area contributed by atoms with Crippen LogP contribution in [0.2, 0.25) is 5.02 Å². The van der Waals surface area contributed by atoms with Crippen LogP contribution in [-0.2, 0) is 19.3 Å². The molecule has 0 aliphatic heterocycles. The number of hydrogen-bond acceptors (Lipinski definition) is 1. The minimum atomic E-state index is 0.792. The molecule has 0 heterocycles. The van der Waals surface area contributed by atoms with Crippen LogP contribution >= 0.6 is 11.6 Å². The molecular formula is C19H32ClN. The summed E-state index contributed by atoms with van der Waals surface area (Å²) in [4.78, 5) is 0.